The molecule has 0 heterocycles. The van der Waals surface area contributed by atoms with E-state index in [9.17, 15) is 0 Å². The van der Waals surface area contributed by atoms with E-state index in [-0.39, 0.29) is 0 Å². The number of hydrogen-bond donors (Lipinski definition) is 0. The summed E-state index contributed by atoms with van der Waals surface area (Å²) in [6, 6.07) is 0. The van der Waals surface area contributed by atoms with E-state index >= 15 is 0 Å². The molecule has 0 saturated heterocycles. The Balaban J connectivity index is 3.62. The van der Waals surface area contributed by atoms with Gasteiger partial charge in [-0.05, 0) is 38.0 Å². The molecular weight excluding hydrogens is 168 g/mol. The standard InChI is InChI=1S/C11H21Cl/c1-5-6-7-8-11(3,4)9-10(2)12/h5,10H,1,6-9H2,2-4H3. The molecule has 72 valence electrons. The van der Waals surface area contributed by atoms with E-state index in [1.807, 2.05) is 6.08 Å². The van der Waals surface area contributed by atoms with Gasteiger partial charge < -0.3 is 0 Å². The molecule has 0 radical (unpaired) electrons. The third-order valence-electron chi connectivity index (χ3n) is 2.10. The van der Waals surface area contributed by atoms with Crippen LogP contribution < -0.4 is 0 Å². The van der Waals surface area contributed by atoms with Gasteiger partial charge in [0.1, 0.15) is 0 Å². The largest absolute Gasteiger partial charge is 0.123 e. The van der Waals surface area contributed by atoms with E-state index in [4.69, 9.17) is 11.6 Å². The molecule has 0 fully saturated rings. The van der Waals surface area contributed by atoms with Crippen LogP contribution in [0.2, 0.25) is 0 Å². The van der Waals surface area contributed by atoms with Crippen molar-refractivity contribution in [1.82, 2.24) is 0 Å². The second-order valence-electron chi connectivity index (χ2n) is 4.33. The first-order valence-corrected chi connectivity index (χ1v) is 5.16. The van der Waals surface area contributed by atoms with Crippen molar-refractivity contribution in [2.75, 3.05) is 0 Å². The molecule has 12 heavy (non-hydrogen) atoms. The predicted octanol–water partition coefficient (Wildman–Crippen LogP) is 4.39. The van der Waals surface area contributed by atoms with Crippen molar-refractivity contribution in [3.05, 3.63) is 12.7 Å². The highest BCUT2D eigenvalue weighted by Gasteiger charge is 2.18. The van der Waals surface area contributed by atoms with Gasteiger partial charge in [0.2, 0.25) is 0 Å². The van der Waals surface area contributed by atoms with Gasteiger partial charge in [-0.2, -0.15) is 0 Å². The van der Waals surface area contributed by atoms with E-state index in [2.05, 4.69) is 27.4 Å². The smallest absolute Gasteiger partial charge is 0.0312 e. The van der Waals surface area contributed by atoms with Gasteiger partial charge in [-0.15, -0.1) is 18.2 Å². The first-order chi connectivity index (χ1) is 5.48. The lowest BCUT2D eigenvalue weighted by Gasteiger charge is -2.25. The van der Waals surface area contributed by atoms with Crippen molar-refractivity contribution in [1.29, 1.82) is 0 Å². The summed E-state index contributed by atoms with van der Waals surface area (Å²) in [4.78, 5) is 0. The van der Waals surface area contributed by atoms with E-state index in [0.717, 1.165) is 12.8 Å². The molecule has 0 aliphatic heterocycles. The predicted molar refractivity (Wildman–Crippen MR) is 57.8 cm³/mol. The molecule has 0 aliphatic rings. The monoisotopic (exact) mass is 188 g/mol. The number of hydrogen-bond acceptors (Lipinski definition) is 0. The second-order valence-corrected chi connectivity index (χ2v) is 5.08. The fourth-order valence-electron chi connectivity index (χ4n) is 1.59. The Bertz CT molecular complexity index is 125. The van der Waals surface area contributed by atoms with Gasteiger partial charge in [-0.1, -0.05) is 19.9 Å². The fourth-order valence-corrected chi connectivity index (χ4v) is 2.01. The third kappa shape index (κ3) is 6.72. The average molecular weight is 189 g/mol. The highest BCUT2D eigenvalue weighted by molar-refractivity contribution is 6.20. The maximum atomic E-state index is 5.95. The maximum Gasteiger partial charge on any atom is 0.0312 e. The van der Waals surface area contributed by atoms with Crippen LogP contribution in [0.4, 0.5) is 0 Å². The van der Waals surface area contributed by atoms with Gasteiger partial charge in [-0.25, -0.2) is 0 Å². The van der Waals surface area contributed by atoms with Crippen LogP contribution in [0.3, 0.4) is 0 Å². The Hall–Kier alpha value is 0.0300. The van der Waals surface area contributed by atoms with E-state index in [1.54, 1.807) is 0 Å². The molecule has 1 unspecified atom stereocenters. The summed E-state index contributed by atoms with van der Waals surface area (Å²) in [5.41, 5.74) is 0.393. The van der Waals surface area contributed by atoms with Gasteiger partial charge in [0.15, 0.2) is 0 Å². The van der Waals surface area contributed by atoms with Crippen LogP contribution in [0.25, 0.3) is 0 Å². The van der Waals surface area contributed by atoms with Crippen LogP contribution in [0.1, 0.15) is 46.5 Å². The Labute approximate surface area is 82.0 Å². The summed E-state index contributed by atoms with van der Waals surface area (Å²) in [6.45, 7) is 10.4. The molecular formula is C11H21Cl. The molecule has 0 amide bonds. The second kappa shape index (κ2) is 5.64. The topological polar surface area (TPSA) is 0 Å². The first-order valence-electron chi connectivity index (χ1n) is 4.73. The van der Waals surface area contributed by atoms with Gasteiger partial charge in [0, 0.05) is 5.38 Å². The van der Waals surface area contributed by atoms with Gasteiger partial charge in [0.05, 0.1) is 0 Å². The molecule has 0 aromatic carbocycles. The Kier molecular flexibility index (Phi) is 5.65. The number of rotatable bonds is 6. The average Bonchev–Trinajstić information content (AvgIpc) is 1.84. The van der Waals surface area contributed by atoms with Crippen molar-refractivity contribution in [3.63, 3.8) is 0 Å². The molecule has 0 aromatic heterocycles. The van der Waals surface area contributed by atoms with E-state index in [1.165, 1.54) is 12.8 Å². The molecule has 0 N–H and O–H groups in total. The van der Waals surface area contributed by atoms with Crippen molar-refractivity contribution in [3.8, 4) is 0 Å². The van der Waals surface area contributed by atoms with E-state index in [0.29, 0.717) is 10.8 Å². The SMILES string of the molecule is C=CCCCC(C)(C)CC(C)Cl. The van der Waals surface area contributed by atoms with Crippen LogP contribution in [-0.2, 0) is 0 Å². The first kappa shape index (κ1) is 12.0. The molecule has 1 heteroatoms. The zero-order valence-electron chi connectivity index (χ0n) is 8.57. The summed E-state index contributed by atoms with van der Waals surface area (Å²) in [6.07, 6.45) is 6.70. The van der Waals surface area contributed by atoms with Crippen molar-refractivity contribution < 1.29 is 0 Å². The quantitative estimate of drug-likeness (QED) is 0.330. The molecule has 0 rings (SSSR count). The third-order valence-corrected chi connectivity index (χ3v) is 2.25. The number of allylic oxidation sites excluding steroid dienone is 1. The van der Waals surface area contributed by atoms with Gasteiger partial charge in [-0.3, -0.25) is 0 Å². The van der Waals surface area contributed by atoms with Crippen molar-refractivity contribution >= 4 is 11.6 Å². The minimum absolute atomic E-state index is 0.295. The Morgan fingerprint density at radius 1 is 1.50 bits per heavy atom. The Morgan fingerprint density at radius 3 is 2.50 bits per heavy atom. The lowest BCUT2D eigenvalue weighted by atomic mass is 9.83. The van der Waals surface area contributed by atoms with E-state index < -0.39 is 0 Å². The highest BCUT2D eigenvalue weighted by Crippen LogP contribution is 2.30. The van der Waals surface area contributed by atoms with Crippen molar-refractivity contribution in [2.24, 2.45) is 5.41 Å². The van der Waals surface area contributed by atoms with Crippen LogP contribution in [0, 0.1) is 5.41 Å². The summed E-state index contributed by atoms with van der Waals surface area (Å²) in [5.74, 6) is 0. The number of halogens is 1. The van der Waals surface area contributed by atoms with Crippen LogP contribution in [-0.4, -0.2) is 5.38 Å². The fraction of sp³-hybridized carbons (Fsp3) is 0.818. The zero-order chi connectivity index (χ0) is 9.61. The number of unbranched alkanes of at least 4 members (excludes halogenated alkanes) is 1. The molecule has 1 atom stereocenters. The molecule has 0 bridgehead atoms. The van der Waals surface area contributed by atoms with Crippen LogP contribution in [0.15, 0.2) is 12.7 Å². The van der Waals surface area contributed by atoms with Crippen LogP contribution >= 0.6 is 11.6 Å². The molecule has 0 aromatic rings. The maximum absolute atomic E-state index is 5.95. The number of alkyl halides is 1. The molecule has 0 aliphatic carbocycles. The zero-order valence-corrected chi connectivity index (χ0v) is 9.32. The van der Waals surface area contributed by atoms with Gasteiger partial charge >= 0.3 is 0 Å². The normalized spacial score (nSPS) is 14.3. The molecule has 0 saturated carbocycles. The summed E-state index contributed by atoms with van der Waals surface area (Å²) < 4.78 is 0. The van der Waals surface area contributed by atoms with Crippen molar-refractivity contribution in [2.45, 2.75) is 51.8 Å². The summed E-state index contributed by atoms with van der Waals surface area (Å²) in [7, 11) is 0. The minimum atomic E-state index is 0.295. The lowest BCUT2D eigenvalue weighted by Crippen LogP contribution is -2.15. The lowest BCUT2D eigenvalue weighted by molar-refractivity contribution is 0.299. The summed E-state index contributed by atoms with van der Waals surface area (Å²) >= 11 is 5.95. The minimum Gasteiger partial charge on any atom is -0.123 e. The van der Waals surface area contributed by atoms with Gasteiger partial charge in [0.25, 0.3) is 0 Å². The summed E-state index contributed by atoms with van der Waals surface area (Å²) in [5, 5.41) is 0.295. The Morgan fingerprint density at radius 2 is 2.08 bits per heavy atom. The molecule has 0 spiro atoms. The molecule has 0 nitrogen and oxygen atoms in total. The highest BCUT2D eigenvalue weighted by atomic mass is 35.5. The van der Waals surface area contributed by atoms with Crippen LogP contribution in [0.5, 0.6) is 0 Å².